The monoisotopic (exact) mass is 366 g/mol. The minimum atomic E-state index is 0.0139. The van der Waals surface area contributed by atoms with Gasteiger partial charge in [-0.05, 0) is 67.1 Å². The Labute approximate surface area is 160 Å². The molecule has 0 aliphatic heterocycles. The molecule has 0 aliphatic rings. The molecule has 4 nitrogen and oxygen atoms in total. The van der Waals surface area contributed by atoms with E-state index in [4.69, 9.17) is 9.84 Å². The Balaban J connectivity index is 0.000000265. The highest BCUT2D eigenvalue weighted by molar-refractivity contribution is 5.98. The molecule has 27 heavy (non-hydrogen) atoms. The molecule has 0 heterocycles. The van der Waals surface area contributed by atoms with Crippen molar-refractivity contribution in [2.75, 3.05) is 7.11 Å². The van der Waals surface area contributed by atoms with Gasteiger partial charge in [-0.1, -0.05) is 32.0 Å². The number of hydrogen-bond donors (Lipinski definition) is 1. The van der Waals surface area contributed by atoms with E-state index in [2.05, 4.69) is 0 Å². The molecule has 0 saturated heterocycles. The quantitative estimate of drug-likeness (QED) is 0.606. The Morgan fingerprint density at radius 2 is 1.22 bits per heavy atom. The highest BCUT2D eigenvalue weighted by atomic mass is 16.5. The molecule has 0 radical (unpaired) electrons. The lowest BCUT2D eigenvalue weighted by atomic mass is 10.0. The topological polar surface area (TPSA) is 63.6 Å². The molecule has 0 unspecified atom stereocenters. The van der Waals surface area contributed by atoms with Gasteiger partial charge in [0.15, 0.2) is 11.6 Å². The van der Waals surface area contributed by atoms with E-state index < -0.39 is 0 Å². The van der Waals surface area contributed by atoms with E-state index in [1.807, 2.05) is 50.2 Å². The van der Waals surface area contributed by atoms with E-state index in [0.717, 1.165) is 22.1 Å². The van der Waals surface area contributed by atoms with Crippen LogP contribution in [0.5, 0.6) is 11.5 Å². The number of carbonyl (C=O) groups is 2. The molecule has 0 bridgehead atoms. The molecule has 0 fully saturated rings. The molecule has 4 heteroatoms. The molecule has 0 atom stereocenters. The highest BCUT2D eigenvalue weighted by Crippen LogP contribution is 2.21. The number of ether oxygens (including phenoxy) is 1. The van der Waals surface area contributed by atoms with Crippen LogP contribution in [0.4, 0.5) is 0 Å². The maximum absolute atomic E-state index is 11.2. The van der Waals surface area contributed by atoms with E-state index >= 15 is 0 Å². The molecule has 3 aromatic carbocycles. The summed E-state index contributed by atoms with van der Waals surface area (Å²) in [7, 11) is 1.64. The SMILES string of the molecule is CC.CC(=O)c1ccc(O)cc1.COc1ccc2cc(C(C)=O)ccc2c1. The van der Waals surface area contributed by atoms with Gasteiger partial charge in [0.1, 0.15) is 11.5 Å². The van der Waals surface area contributed by atoms with Gasteiger partial charge in [-0.2, -0.15) is 0 Å². The number of hydrogen-bond acceptors (Lipinski definition) is 4. The Kier molecular flexibility index (Phi) is 8.73. The zero-order valence-corrected chi connectivity index (χ0v) is 16.4. The summed E-state index contributed by atoms with van der Waals surface area (Å²) in [6, 6.07) is 17.7. The number of Topliss-reactive ketones (excluding diaryl/α,β-unsaturated/α-hetero) is 2. The summed E-state index contributed by atoms with van der Waals surface area (Å²) in [6.45, 7) is 7.07. The van der Waals surface area contributed by atoms with Crippen LogP contribution in [0.2, 0.25) is 0 Å². The average molecular weight is 366 g/mol. The molecular formula is C23H26O4. The minimum Gasteiger partial charge on any atom is -0.508 e. The third-order valence-electron chi connectivity index (χ3n) is 3.73. The van der Waals surface area contributed by atoms with Crippen LogP contribution < -0.4 is 4.74 Å². The number of phenols is 1. The van der Waals surface area contributed by atoms with Crippen LogP contribution in [0.3, 0.4) is 0 Å². The number of benzene rings is 3. The summed E-state index contributed by atoms with van der Waals surface area (Å²) < 4.78 is 5.13. The van der Waals surface area contributed by atoms with Gasteiger partial charge in [-0.25, -0.2) is 0 Å². The Morgan fingerprint density at radius 3 is 1.74 bits per heavy atom. The first-order valence-corrected chi connectivity index (χ1v) is 8.79. The van der Waals surface area contributed by atoms with Gasteiger partial charge < -0.3 is 9.84 Å². The molecule has 0 amide bonds. The third-order valence-corrected chi connectivity index (χ3v) is 3.73. The molecule has 142 valence electrons. The van der Waals surface area contributed by atoms with Crippen LogP contribution in [-0.2, 0) is 0 Å². The van der Waals surface area contributed by atoms with Crippen molar-refractivity contribution in [3.63, 3.8) is 0 Å². The predicted molar refractivity (Wildman–Crippen MR) is 110 cm³/mol. The number of aromatic hydroxyl groups is 1. The van der Waals surface area contributed by atoms with Crippen molar-refractivity contribution >= 4 is 22.3 Å². The highest BCUT2D eigenvalue weighted by Gasteiger charge is 2.01. The average Bonchev–Trinajstić information content (AvgIpc) is 2.69. The summed E-state index contributed by atoms with van der Waals surface area (Å²) in [6.07, 6.45) is 0. The zero-order chi connectivity index (χ0) is 20.4. The summed E-state index contributed by atoms with van der Waals surface area (Å²) in [5.41, 5.74) is 1.37. The number of fused-ring (bicyclic) bond motifs is 1. The summed E-state index contributed by atoms with van der Waals surface area (Å²) in [4.78, 5) is 21.9. The van der Waals surface area contributed by atoms with Crippen molar-refractivity contribution in [1.29, 1.82) is 0 Å². The normalized spacial score (nSPS) is 9.37. The Morgan fingerprint density at radius 1 is 0.741 bits per heavy atom. The number of carbonyl (C=O) groups excluding carboxylic acids is 2. The van der Waals surface area contributed by atoms with Crippen molar-refractivity contribution < 1.29 is 19.4 Å². The van der Waals surface area contributed by atoms with Crippen molar-refractivity contribution in [3.8, 4) is 11.5 Å². The van der Waals surface area contributed by atoms with Crippen molar-refractivity contribution in [1.82, 2.24) is 0 Å². The largest absolute Gasteiger partial charge is 0.508 e. The van der Waals surface area contributed by atoms with Gasteiger partial charge in [-0.15, -0.1) is 0 Å². The fourth-order valence-corrected chi connectivity index (χ4v) is 2.27. The molecule has 3 aromatic rings. The fourth-order valence-electron chi connectivity index (χ4n) is 2.27. The van der Waals surface area contributed by atoms with E-state index in [9.17, 15) is 9.59 Å². The van der Waals surface area contributed by atoms with E-state index in [1.54, 1.807) is 26.2 Å². The number of rotatable bonds is 3. The number of methoxy groups -OCH3 is 1. The van der Waals surface area contributed by atoms with Crippen LogP contribution in [0.1, 0.15) is 48.4 Å². The summed E-state index contributed by atoms with van der Waals surface area (Å²) in [5.74, 6) is 1.12. The molecule has 0 aliphatic carbocycles. The Bertz CT molecular complexity index is 896. The predicted octanol–water partition coefficient (Wildman–Crippen LogP) is 5.67. The standard InChI is InChI=1S/C13H12O2.C8H8O2.C2H6/c1-9(14)10-3-4-12-8-13(15-2)6-5-11(12)7-10;1-6(9)7-2-4-8(10)5-3-7;1-2/h3-8H,1-2H3;2-5,10H,1H3;1-2H3. The van der Waals surface area contributed by atoms with Gasteiger partial charge in [-0.3, -0.25) is 9.59 Å². The van der Waals surface area contributed by atoms with E-state index in [-0.39, 0.29) is 17.3 Å². The number of ketones is 2. The summed E-state index contributed by atoms with van der Waals surface area (Å²) in [5, 5.41) is 11.0. The van der Waals surface area contributed by atoms with Gasteiger partial charge >= 0.3 is 0 Å². The first kappa shape index (κ1) is 21.9. The molecule has 1 N–H and O–H groups in total. The van der Waals surface area contributed by atoms with Crippen molar-refractivity contribution in [2.24, 2.45) is 0 Å². The van der Waals surface area contributed by atoms with Crippen molar-refractivity contribution in [3.05, 3.63) is 71.8 Å². The van der Waals surface area contributed by atoms with Crippen LogP contribution >= 0.6 is 0 Å². The second-order valence-electron chi connectivity index (χ2n) is 5.59. The van der Waals surface area contributed by atoms with Crippen LogP contribution in [-0.4, -0.2) is 23.8 Å². The molecule has 0 aromatic heterocycles. The lowest BCUT2D eigenvalue weighted by Crippen LogP contribution is -1.91. The van der Waals surface area contributed by atoms with Crippen LogP contribution in [0.25, 0.3) is 10.8 Å². The van der Waals surface area contributed by atoms with Gasteiger partial charge in [0.05, 0.1) is 7.11 Å². The van der Waals surface area contributed by atoms with Gasteiger partial charge in [0, 0.05) is 11.1 Å². The lowest BCUT2D eigenvalue weighted by molar-refractivity contribution is 0.100. The smallest absolute Gasteiger partial charge is 0.159 e. The Hall–Kier alpha value is -3.14. The minimum absolute atomic E-state index is 0.0139. The third kappa shape index (κ3) is 6.59. The second kappa shape index (κ2) is 10.8. The molecular weight excluding hydrogens is 340 g/mol. The van der Waals surface area contributed by atoms with E-state index in [0.29, 0.717) is 5.56 Å². The molecule has 0 spiro atoms. The fraction of sp³-hybridized carbons (Fsp3) is 0.217. The summed E-state index contributed by atoms with van der Waals surface area (Å²) >= 11 is 0. The molecule has 3 rings (SSSR count). The lowest BCUT2D eigenvalue weighted by Gasteiger charge is -2.03. The molecule has 0 saturated carbocycles. The van der Waals surface area contributed by atoms with Gasteiger partial charge in [0.25, 0.3) is 0 Å². The second-order valence-corrected chi connectivity index (χ2v) is 5.59. The first-order chi connectivity index (χ1) is 12.9. The van der Waals surface area contributed by atoms with Gasteiger partial charge in [0.2, 0.25) is 0 Å². The van der Waals surface area contributed by atoms with Crippen LogP contribution in [0.15, 0.2) is 60.7 Å². The van der Waals surface area contributed by atoms with E-state index in [1.165, 1.54) is 19.1 Å². The number of phenolic OH excluding ortho intramolecular Hbond substituents is 1. The first-order valence-electron chi connectivity index (χ1n) is 8.79. The maximum atomic E-state index is 11.2. The van der Waals surface area contributed by atoms with Crippen molar-refractivity contribution in [2.45, 2.75) is 27.7 Å². The van der Waals surface area contributed by atoms with Crippen LogP contribution in [0, 0.1) is 0 Å². The maximum Gasteiger partial charge on any atom is 0.159 e. The zero-order valence-electron chi connectivity index (χ0n) is 16.4.